The van der Waals surface area contributed by atoms with Gasteiger partial charge in [0.25, 0.3) is 0 Å². The van der Waals surface area contributed by atoms with Crippen LogP contribution in [0.1, 0.15) is 31.7 Å². The topological polar surface area (TPSA) is 73.5 Å². The van der Waals surface area contributed by atoms with Crippen molar-refractivity contribution in [2.24, 2.45) is 0 Å². The zero-order chi connectivity index (χ0) is 20.0. The van der Waals surface area contributed by atoms with E-state index in [1.54, 1.807) is 6.92 Å². The number of benzene rings is 1. The first-order valence-electron chi connectivity index (χ1n) is 10.6. The number of nitrogens with one attached hydrogen (secondary N) is 3. The monoisotopic (exact) mass is 388 g/mol. The lowest BCUT2D eigenvalue weighted by Gasteiger charge is -2.30. The van der Waals surface area contributed by atoms with Crippen molar-refractivity contribution in [3.05, 3.63) is 35.9 Å². The normalized spacial score (nSPS) is 18.6. The Morgan fingerprint density at radius 1 is 0.893 bits per heavy atom. The molecule has 0 spiro atoms. The van der Waals surface area contributed by atoms with Crippen LogP contribution in [0.15, 0.2) is 30.3 Å². The van der Waals surface area contributed by atoms with Crippen molar-refractivity contribution in [2.45, 2.75) is 38.6 Å². The molecule has 0 radical (unpaired) electrons. The van der Waals surface area contributed by atoms with Gasteiger partial charge in [0.1, 0.15) is 11.6 Å². The summed E-state index contributed by atoms with van der Waals surface area (Å²) in [4.78, 5) is 26.9. The predicted octanol–water partition coefficient (Wildman–Crippen LogP) is 1.01. The van der Waals surface area contributed by atoms with Crippen molar-refractivity contribution in [1.29, 1.82) is 0 Å². The second-order valence-corrected chi connectivity index (χ2v) is 7.48. The molecule has 0 aliphatic carbocycles. The molecule has 1 fully saturated rings. The van der Waals surface area contributed by atoms with E-state index in [9.17, 15) is 9.59 Å². The van der Waals surface area contributed by atoms with Crippen molar-refractivity contribution in [3.63, 3.8) is 0 Å². The van der Waals surface area contributed by atoms with E-state index < -0.39 is 0 Å². The Kier molecular flexibility index (Phi) is 11.0. The van der Waals surface area contributed by atoms with Gasteiger partial charge in [-0.05, 0) is 25.3 Å². The number of rotatable bonds is 8. The van der Waals surface area contributed by atoms with Crippen LogP contribution < -0.4 is 16.0 Å². The quantitative estimate of drug-likeness (QED) is 0.617. The standard InChI is InChI=1S/C22H36N4O2/c1-19(27)22(10-9-21(28)8-7-20-5-3-2-4-6-20)26-17-15-24-13-11-23-12-14-25-16-18-26/h2-6,22-25H,7-18H2,1H3. The largest absolute Gasteiger partial charge is 0.314 e. The number of carbonyl (C=O) groups is 2. The van der Waals surface area contributed by atoms with Gasteiger partial charge < -0.3 is 16.0 Å². The highest BCUT2D eigenvalue weighted by Gasteiger charge is 2.23. The number of hydrogen-bond donors (Lipinski definition) is 3. The van der Waals surface area contributed by atoms with Crippen LogP contribution in [-0.2, 0) is 16.0 Å². The molecule has 6 nitrogen and oxygen atoms in total. The number of ketones is 2. The Balaban J connectivity index is 1.82. The van der Waals surface area contributed by atoms with Gasteiger partial charge in [0.15, 0.2) is 0 Å². The molecule has 1 aromatic rings. The highest BCUT2D eigenvalue weighted by atomic mass is 16.1. The average molecular weight is 389 g/mol. The van der Waals surface area contributed by atoms with E-state index in [1.165, 1.54) is 5.56 Å². The maximum absolute atomic E-state index is 12.4. The molecule has 156 valence electrons. The van der Waals surface area contributed by atoms with Gasteiger partial charge in [0, 0.05) is 65.2 Å². The van der Waals surface area contributed by atoms with Crippen LogP contribution in [0.2, 0.25) is 0 Å². The summed E-state index contributed by atoms with van der Waals surface area (Å²) in [6.07, 6.45) is 2.41. The van der Waals surface area contributed by atoms with Crippen molar-refractivity contribution < 1.29 is 9.59 Å². The van der Waals surface area contributed by atoms with Gasteiger partial charge in [-0.1, -0.05) is 30.3 Å². The Labute approximate surface area is 169 Å². The van der Waals surface area contributed by atoms with Crippen LogP contribution in [0, 0.1) is 0 Å². The minimum atomic E-state index is -0.176. The Hall–Kier alpha value is -1.60. The van der Waals surface area contributed by atoms with Gasteiger partial charge in [0.05, 0.1) is 6.04 Å². The van der Waals surface area contributed by atoms with E-state index in [2.05, 4.69) is 33.0 Å². The fourth-order valence-electron chi connectivity index (χ4n) is 3.59. The second kappa shape index (κ2) is 13.6. The van der Waals surface area contributed by atoms with Crippen molar-refractivity contribution in [2.75, 3.05) is 52.4 Å². The molecule has 1 aliphatic rings. The molecule has 2 rings (SSSR count). The third kappa shape index (κ3) is 9.06. The number of carbonyl (C=O) groups excluding carboxylic acids is 2. The molecular formula is C22H36N4O2. The molecule has 0 bridgehead atoms. The molecule has 0 saturated carbocycles. The van der Waals surface area contributed by atoms with Crippen LogP contribution >= 0.6 is 0 Å². The van der Waals surface area contributed by atoms with E-state index in [4.69, 9.17) is 0 Å². The van der Waals surface area contributed by atoms with Gasteiger partial charge in [0.2, 0.25) is 0 Å². The number of nitrogens with zero attached hydrogens (tertiary/aromatic N) is 1. The fourth-order valence-corrected chi connectivity index (χ4v) is 3.59. The van der Waals surface area contributed by atoms with E-state index in [0.29, 0.717) is 19.3 Å². The molecule has 28 heavy (non-hydrogen) atoms. The van der Waals surface area contributed by atoms with Crippen LogP contribution in [0.25, 0.3) is 0 Å². The molecule has 0 amide bonds. The summed E-state index contributed by atoms with van der Waals surface area (Å²) in [7, 11) is 0. The Morgan fingerprint density at radius 2 is 1.46 bits per heavy atom. The third-order valence-corrected chi connectivity index (χ3v) is 5.25. The lowest BCUT2D eigenvalue weighted by atomic mass is 10.00. The Morgan fingerprint density at radius 3 is 2.04 bits per heavy atom. The van der Waals surface area contributed by atoms with Crippen molar-refractivity contribution >= 4 is 11.6 Å². The summed E-state index contributed by atoms with van der Waals surface area (Å²) < 4.78 is 0. The highest BCUT2D eigenvalue weighted by molar-refractivity contribution is 5.83. The number of hydrogen-bond acceptors (Lipinski definition) is 6. The maximum Gasteiger partial charge on any atom is 0.146 e. The van der Waals surface area contributed by atoms with Crippen LogP contribution in [-0.4, -0.2) is 74.9 Å². The molecule has 1 unspecified atom stereocenters. The van der Waals surface area contributed by atoms with Crippen LogP contribution in [0.4, 0.5) is 0 Å². The third-order valence-electron chi connectivity index (χ3n) is 5.25. The van der Waals surface area contributed by atoms with Crippen molar-refractivity contribution in [1.82, 2.24) is 20.9 Å². The summed E-state index contributed by atoms with van der Waals surface area (Å²) in [6, 6.07) is 9.92. The summed E-state index contributed by atoms with van der Waals surface area (Å²) in [5.74, 6) is 0.399. The Bertz CT molecular complexity index is 567. The minimum Gasteiger partial charge on any atom is -0.314 e. The molecule has 0 aromatic heterocycles. The second-order valence-electron chi connectivity index (χ2n) is 7.48. The van der Waals surface area contributed by atoms with Gasteiger partial charge in [-0.3, -0.25) is 14.5 Å². The first-order valence-corrected chi connectivity index (χ1v) is 10.6. The average Bonchev–Trinajstić information content (AvgIpc) is 2.68. The predicted molar refractivity (Wildman–Crippen MR) is 114 cm³/mol. The van der Waals surface area contributed by atoms with E-state index in [-0.39, 0.29) is 17.6 Å². The van der Waals surface area contributed by atoms with E-state index in [0.717, 1.165) is 58.8 Å². The summed E-state index contributed by atoms with van der Waals surface area (Å²) in [5, 5.41) is 10.2. The zero-order valence-electron chi connectivity index (χ0n) is 17.2. The smallest absolute Gasteiger partial charge is 0.146 e. The summed E-state index contributed by atoms with van der Waals surface area (Å²) in [5.41, 5.74) is 1.19. The molecular weight excluding hydrogens is 352 g/mol. The van der Waals surface area contributed by atoms with Crippen LogP contribution in [0.3, 0.4) is 0 Å². The molecule has 1 heterocycles. The zero-order valence-corrected chi connectivity index (χ0v) is 17.2. The van der Waals surface area contributed by atoms with E-state index in [1.807, 2.05) is 18.2 Å². The lowest BCUT2D eigenvalue weighted by Crippen LogP contribution is -2.48. The molecule has 6 heteroatoms. The highest BCUT2D eigenvalue weighted by Crippen LogP contribution is 2.11. The summed E-state index contributed by atoms with van der Waals surface area (Å²) >= 11 is 0. The molecule has 1 aliphatic heterocycles. The molecule has 1 atom stereocenters. The number of aryl methyl sites for hydroxylation is 1. The van der Waals surface area contributed by atoms with Crippen LogP contribution in [0.5, 0.6) is 0 Å². The first kappa shape index (κ1) is 22.7. The molecule has 1 aromatic carbocycles. The van der Waals surface area contributed by atoms with Gasteiger partial charge in [-0.15, -0.1) is 0 Å². The lowest BCUT2D eigenvalue weighted by molar-refractivity contribution is -0.123. The first-order chi connectivity index (χ1) is 13.7. The van der Waals surface area contributed by atoms with E-state index >= 15 is 0 Å². The molecule has 1 saturated heterocycles. The summed E-state index contributed by atoms with van der Waals surface area (Å²) in [6.45, 7) is 8.77. The number of Topliss-reactive ketones (excluding diaryl/α,β-unsaturated/α-hetero) is 2. The van der Waals surface area contributed by atoms with Gasteiger partial charge in [-0.25, -0.2) is 0 Å². The molecule has 3 N–H and O–H groups in total. The fraction of sp³-hybridized carbons (Fsp3) is 0.636. The minimum absolute atomic E-state index is 0.157. The SMILES string of the molecule is CC(=O)C(CCC(=O)CCc1ccccc1)N1CCNCCNCCNCC1. The maximum atomic E-state index is 12.4. The van der Waals surface area contributed by atoms with Gasteiger partial charge >= 0.3 is 0 Å². The van der Waals surface area contributed by atoms with Crippen molar-refractivity contribution in [3.8, 4) is 0 Å². The van der Waals surface area contributed by atoms with Gasteiger partial charge in [-0.2, -0.15) is 0 Å².